The van der Waals surface area contributed by atoms with Crippen molar-refractivity contribution in [2.45, 2.75) is 58.2 Å². The normalized spacial score (nSPS) is 19.3. The first-order valence-electron chi connectivity index (χ1n) is 8.16. The van der Waals surface area contributed by atoms with Crippen LogP contribution in [0.4, 0.5) is 9.18 Å². The molecule has 1 aliphatic rings. The van der Waals surface area contributed by atoms with E-state index in [2.05, 4.69) is 10.3 Å². The molecule has 1 N–H and O–H groups in total. The molecule has 128 valence electrons. The molecule has 0 bridgehead atoms. The molecule has 6 heteroatoms. The summed E-state index contributed by atoms with van der Waals surface area (Å²) in [5.74, 6) is -0.288. The Balaban J connectivity index is 1.82. The molecule has 23 heavy (non-hydrogen) atoms. The number of nitrogens with zero attached hydrogens (tertiary/aromatic N) is 2. The van der Waals surface area contributed by atoms with Gasteiger partial charge in [-0.2, -0.15) is 0 Å². The number of amides is 1. The molecule has 1 aliphatic heterocycles. The molecule has 1 fully saturated rings. The third-order valence-corrected chi connectivity index (χ3v) is 3.77. The molecule has 0 radical (unpaired) electrons. The van der Waals surface area contributed by atoms with Gasteiger partial charge in [0.2, 0.25) is 0 Å². The van der Waals surface area contributed by atoms with Crippen molar-refractivity contribution in [1.29, 1.82) is 0 Å². The Bertz CT molecular complexity index is 531. The maximum absolute atomic E-state index is 13.6. The predicted octanol–water partition coefficient (Wildman–Crippen LogP) is 3.10. The number of halogens is 1. The zero-order valence-corrected chi connectivity index (χ0v) is 14.1. The van der Waals surface area contributed by atoms with Gasteiger partial charge >= 0.3 is 6.09 Å². The molecule has 1 aromatic heterocycles. The molecule has 1 amide bonds. The van der Waals surface area contributed by atoms with E-state index in [-0.39, 0.29) is 18.0 Å². The lowest BCUT2D eigenvalue weighted by molar-refractivity contribution is 0.0256. The van der Waals surface area contributed by atoms with Crippen molar-refractivity contribution in [3.63, 3.8) is 0 Å². The Morgan fingerprint density at radius 2 is 2.22 bits per heavy atom. The van der Waals surface area contributed by atoms with E-state index in [4.69, 9.17) is 4.74 Å². The van der Waals surface area contributed by atoms with E-state index >= 15 is 0 Å². The zero-order valence-electron chi connectivity index (χ0n) is 14.1. The van der Waals surface area contributed by atoms with Crippen LogP contribution in [0.3, 0.4) is 0 Å². The van der Waals surface area contributed by atoms with Gasteiger partial charge in [-0.3, -0.25) is 4.98 Å². The Kier molecular flexibility index (Phi) is 5.93. The van der Waals surface area contributed by atoms with E-state index in [1.54, 1.807) is 17.2 Å². The fraction of sp³-hybridized carbons (Fsp3) is 0.647. The number of aromatic nitrogens is 1. The van der Waals surface area contributed by atoms with Gasteiger partial charge in [-0.05, 0) is 52.2 Å². The molecule has 0 aliphatic carbocycles. The van der Waals surface area contributed by atoms with Gasteiger partial charge in [0.25, 0.3) is 0 Å². The highest BCUT2D eigenvalue weighted by Crippen LogP contribution is 2.16. The molecule has 2 rings (SSSR count). The van der Waals surface area contributed by atoms with Gasteiger partial charge < -0.3 is 15.0 Å². The minimum atomic E-state index is -0.475. The summed E-state index contributed by atoms with van der Waals surface area (Å²) in [4.78, 5) is 17.9. The van der Waals surface area contributed by atoms with E-state index in [1.807, 2.05) is 20.8 Å². The van der Waals surface area contributed by atoms with Crippen LogP contribution in [0.25, 0.3) is 0 Å². The van der Waals surface area contributed by atoms with Crippen molar-refractivity contribution in [2.75, 3.05) is 13.1 Å². The summed E-state index contributed by atoms with van der Waals surface area (Å²) < 4.78 is 19.0. The summed E-state index contributed by atoms with van der Waals surface area (Å²) in [6.07, 6.45) is 4.02. The summed E-state index contributed by atoms with van der Waals surface area (Å²) in [7, 11) is 0. The Morgan fingerprint density at radius 3 is 2.91 bits per heavy atom. The van der Waals surface area contributed by atoms with Crippen LogP contribution in [0.5, 0.6) is 0 Å². The summed E-state index contributed by atoms with van der Waals surface area (Å²) >= 11 is 0. The fourth-order valence-corrected chi connectivity index (χ4v) is 2.60. The Hall–Kier alpha value is -1.69. The molecule has 0 saturated carbocycles. The SMILES string of the molecule is CC(C)(C)OC(=O)N1CCCC(NCc2ncccc2F)CC1. The highest BCUT2D eigenvalue weighted by atomic mass is 19.1. The van der Waals surface area contributed by atoms with Crippen molar-refractivity contribution in [3.8, 4) is 0 Å². The number of likely N-dealkylation sites (tertiary alicyclic amines) is 1. The molecule has 1 atom stereocenters. The van der Waals surface area contributed by atoms with Gasteiger partial charge in [0, 0.05) is 31.9 Å². The summed E-state index contributed by atoms with van der Waals surface area (Å²) in [5, 5.41) is 3.35. The summed E-state index contributed by atoms with van der Waals surface area (Å²) in [5.41, 5.74) is -0.0434. The minimum Gasteiger partial charge on any atom is -0.444 e. The number of pyridine rings is 1. The number of ether oxygens (including phenoxy) is 1. The number of hydrogen-bond donors (Lipinski definition) is 1. The van der Waals surface area contributed by atoms with Crippen LogP contribution in [-0.4, -0.2) is 40.7 Å². The highest BCUT2D eigenvalue weighted by Gasteiger charge is 2.25. The molecule has 5 nitrogen and oxygen atoms in total. The topological polar surface area (TPSA) is 54.5 Å². The maximum Gasteiger partial charge on any atom is 0.410 e. The summed E-state index contributed by atoms with van der Waals surface area (Å²) in [6, 6.07) is 3.26. The van der Waals surface area contributed by atoms with Gasteiger partial charge in [-0.1, -0.05) is 0 Å². The van der Waals surface area contributed by atoms with Crippen LogP contribution in [-0.2, 0) is 11.3 Å². The highest BCUT2D eigenvalue weighted by molar-refractivity contribution is 5.68. The monoisotopic (exact) mass is 323 g/mol. The van der Waals surface area contributed by atoms with Crippen LogP contribution in [0.1, 0.15) is 45.7 Å². The second-order valence-corrected chi connectivity index (χ2v) is 6.91. The van der Waals surface area contributed by atoms with Gasteiger partial charge in [0.1, 0.15) is 11.4 Å². The van der Waals surface area contributed by atoms with Gasteiger partial charge in [-0.25, -0.2) is 9.18 Å². The smallest absolute Gasteiger partial charge is 0.410 e. The largest absolute Gasteiger partial charge is 0.444 e. The average molecular weight is 323 g/mol. The molecule has 1 aromatic rings. The minimum absolute atomic E-state index is 0.254. The van der Waals surface area contributed by atoms with Crippen molar-refractivity contribution < 1.29 is 13.9 Å². The van der Waals surface area contributed by atoms with Crippen LogP contribution in [0, 0.1) is 5.82 Å². The van der Waals surface area contributed by atoms with Crippen molar-refractivity contribution in [1.82, 2.24) is 15.2 Å². The van der Waals surface area contributed by atoms with Crippen molar-refractivity contribution in [2.24, 2.45) is 0 Å². The zero-order chi connectivity index (χ0) is 16.9. The quantitative estimate of drug-likeness (QED) is 0.929. The number of carbonyl (C=O) groups excluding carboxylic acids is 1. The van der Waals surface area contributed by atoms with E-state index in [9.17, 15) is 9.18 Å². The summed E-state index contributed by atoms with van der Waals surface area (Å²) in [6.45, 7) is 7.36. The van der Waals surface area contributed by atoms with Crippen molar-refractivity contribution >= 4 is 6.09 Å². The Morgan fingerprint density at radius 1 is 1.43 bits per heavy atom. The third-order valence-electron chi connectivity index (χ3n) is 3.77. The molecular formula is C17H26FN3O2. The first kappa shape index (κ1) is 17.7. The van der Waals surface area contributed by atoms with Crippen LogP contribution < -0.4 is 5.32 Å². The van der Waals surface area contributed by atoms with E-state index in [0.29, 0.717) is 25.3 Å². The van der Waals surface area contributed by atoms with Gasteiger partial charge in [0.05, 0.1) is 5.69 Å². The third kappa shape index (κ3) is 5.78. The number of rotatable bonds is 3. The molecule has 1 saturated heterocycles. The maximum atomic E-state index is 13.6. The van der Waals surface area contributed by atoms with E-state index in [1.165, 1.54) is 6.07 Å². The second-order valence-electron chi connectivity index (χ2n) is 6.91. The van der Waals surface area contributed by atoms with Crippen LogP contribution in [0.2, 0.25) is 0 Å². The van der Waals surface area contributed by atoms with E-state index in [0.717, 1.165) is 19.3 Å². The fourth-order valence-electron chi connectivity index (χ4n) is 2.60. The van der Waals surface area contributed by atoms with Crippen molar-refractivity contribution in [3.05, 3.63) is 29.8 Å². The predicted molar refractivity (Wildman–Crippen MR) is 86.5 cm³/mol. The number of carbonyl (C=O) groups is 1. The van der Waals surface area contributed by atoms with Crippen LogP contribution in [0.15, 0.2) is 18.3 Å². The number of nitrogens with one attached hydrogen (secondary N) is 1. The number of hydrogen-bond acceptors (Lipinski definition) is 4. The molecular weight excluding hydrogens is 297 g/mol. The molecule has 0 spiro atoms. The average Bonchev–Trinajstić information content (AvgIpc) is 2.70. The molecule has 0 aromatic carbocycles. The standard InChI is InChI=1S/C17H26FN3O2/c1-17(2,3)23-16(22)21-10-5-6-13(8-11-21)20-12-15-14(18)7-4-9-19-15/h4,7,9,13,20H,5-6,8,10-12H2,1-3H3. The van der Waals surface area contributed by atoms with Crippen LogP contribution >= 0.6 is 0 Å². The Labute approximate surface area is 137 Å². The van der Waals surface area contributed by atoms with Gasteiger partial charge in [-0.15, -0.1) is 0 Å². The lowest BCUT2D eigenvalue weighted by atomic mass is 10.1. The first-order valence-corrected chi connectivity index (χ1v) is 8.16. The van der Waals surface area contributed by atoms with E-state index < -0.39 is 5.60 Å². The molecule has 2 heterocycles. The van der Waals surface area contributed by atoms with Gasteiger partial charge in [0.15, 0.2) is 0 Å². The lowest BCUT2D eigenvalue weighted by Crippen LogP contribution is -2.38. The lowest BCUT2D eigenvalue weighted by Gasteiger charge is -2.26. The first-order chi connectivity index (χ1) is 10.8. The molecule has 1 unspecified atom stereocenters. The second kappa shape index (κ2) is 7.73.